The number of thiazole rings is 1. The van der Waals surface area contributed by atoms with Crippen LogP contribution in [0.3, 0.4) is 0 Å². The zero-order chi connectivity index (χ0) is 21.3. The van der Waals surface area contributed by atoms with Crippen molar-refractivity contribution in [2.24, 2.45) is 7.05 Å². The zero-order valence-corrected chi connectivity index (χ0v) is 18.9. The fourth-order valence-electron chi connectivity index (χ4n) is 3.09. The number of hydrogen-bond acceptors (Lipinski definition) is 7. The van der Waals surface area contributed by atoms with Crippen molar-refractivity contribution in [1.29, 1.82) is 0 Å². The highest BCUT2D eigenvalue weighted by Crippen LogP contribution is 2.26. The lowest BCUT2D eigenvalue weighted by Crippen LogP contribution is -2.12. The minimum absolute atomic E-state index is 0.0685. The molecule has 30 heavy (non-hydrogen) atoms. The van der Waals surface area contributed by atoms with E-state index in [0.29, 0.717) is 16.6 Å². The van der Waals surface area contributed by atoms with Crippen LogP contribution in [-0.4, -0.2) is 24.1 Å². The molecule has 1 aromatic carbocycles. The van der Waals surface area contributed by atoms with Crippen molar-refractivity contribution < 1.29 is 4.74 Å². The quantitative estimate of drug-likeness (QED) is 0.395. The second kappa shape index (κ2) is 8.61. The van der Waals surface area contributed by atoms with Gasteiger partial charge in [0, 0.05) is 30.4 Å². The smallest absolute Gasteiger partial charge is 0.258 e. The first kappa shape index (κ1) is 20.6. The summed E-state index contributed by atoms with van der Waals surface area (Å²) in [6, 6.07) is 9.72. The number of aromatic nitrogens is 5. The molecule has 7 nitrogen and oxygen atoms in total. The Balaban J connectivity index is 1.44. The molecule has 9 heteroatoms. The number of fused-ring (bicyclic) bond motifs is 1. The lowest BCUT2D eigenvalue weighted by molar-refractivity contribution is 0.211. The highest BCUT2D eigenvalue weighted by Gasteiger charge is 2.18. The van der Waals surface area contributed by atoms with Crippen molar-refractivity contribution in [3.63, 3.8) is 0 Å². The van der Waals surface area contributed by atoms with E-state index < -0.39 is 0 Å². The second-order valence-corrected chi connectivity index (χ2v) is 9.13. The molecule has 0 fully saturated rings. The molecule has 0 radical (unpaired) electrons. The maximum Gasteiger partial charge on any atom is 0.258 e. The fourth-order valence-corrected chi connectivity index (χ4v) is 4.64. The van der Waals surface area contributed by atoms with E-state index in [1.54, 1.807) is 16.7 Å². The van der Waals surface area contributed by atoms with Gasteiger partial charge in [0.05, 0.1) is 5.69 Å². The maximum atomic E-state index is 12.1. The minimum atomic E-state index is -0.244. The number of hydrogen-bond donors (Lipinski definition) is 0. The van der Waals surface area contributed by atoms with Crippen LogP contribution in [0, 0.1) is 0 Å². The van der Waals surface area contributed by atoms with Gasteiger partial charge in [0.2, 0.25) is 0 Å². The molecule has 0 aliphatic carbocycles. The van der Waals surface area contributed by atoms with Gasteiger partial charge >= 0.3 is 0 Å². The molecule has 0 bridgehead atoms. The Morgan fingerprint density at radius 1 is 1.17 bits per heavy atom. The van der Waals surface area contributed by atoms with Crippen molar-refractivity contribution in [2.75, 3.05) is 0 Å². The van der Waals surface area contributed by atoms with Crippen LogP contribution in [0.4, 0.5) is 0 Å². The number of nitrogens with zero attached hydrogens (tertiary/aromatic N) is 5. The third-order valence-corrected chi connectivity index (χ3v) is 6.61. The van der Waals surface area contributed by atoms with Crippen LogP contribution in [-0.2, 0) is 12.8 Å². The van der Waals surface area contributed by atoms with Crippen LogP contribution in [0.5, 0.6) is 5.75 Å². The first-order valence-corrected chi connectivity index (χ1v) is 11.5. The molecule has 0 spiro atoms. The van der Waals surface area contributed by atoms with Gasteiger partial charge in [0.25, 0.3) is 5.56 Å². The van der Waals surface area contributed by atoms with Gasteiger partial charge in [0.15, 0.2) is 22.0 Å². The summed E-state index contributed by atoms with van der Waals surface area (Å²) in [5, 5.41) is 11.2. The summed E-state index contributed by atoms with van der Waals surface area (Å²) in [6.07, 6.45) is 1.49. The van der Waals surface area contributed by atoms with Crippen molar-refractivity contribution in [3.8, 4) is 5.75 Å². The van der Waals surface area contributed by atoms with Gasteiger partial charge in [-0.15, -0.1) is 21.5 Å². The summed E-state index contributed by atoms with van der Waals surface area (Å²) < 4.78 is 9.53. The largest absolute Gasteiger partial charge is 0.483 e. The van der Waals surface area contributed by atoms with E-state index >= 15 is 0 Å². The third kappa shape index (κ3) is 4.27. The second-order valence-electron chi connectivity index (χ2n) is 7.31. The summed E-state index contributed by atoms with van der Waals surface area (Å²) in [7, 11) is 1.92. The van der Waals surface area contributed by atoms with Crippen LogP contribution in [0.2, 0.25) is 0 Å². The summed E-state index contributed by atoms with van der Waals surface area (Å²) in [6.45, 7) is 6.30. The molecule has 4 rings (SSSR count). The normalized spacial score (nSPS) is 12.6. The number of benzene rings is 1. The summed E-state index contributed by atoms with van der Waals surface area (Å²) in [5.74, 6) is 2.58. The summed E-state index contributed by atoms with van der Waals surface area (Å²) in [5.41, 5.74) is 1.94. The molecule has 0 amide bonds. The molecule has 0 saturated heterocycles. The Kier molecular flexibility index (Phi) is 5.92. The van der Waals surface area contributed by atoms with E-state index in [4.69, 9.17) is 4.74 Å². The van der Waals surface area contributed by atoms with Crippen molar-refractivity contribution in [2.45, 2.75) is 43.7 Å². The van der Waals surface area contributed by atoms with Crippen molar-refractivity contribution in [1.82, 2.24) is 24.1 Å². The van der Waals surface area contributed by atoms with Crippen LogP contribution in [0.25, 0.3) is 4.96 Å². The Morgan fingerprint density at radius 2 is 1.93 bits per heavy atom. The molecule has 0 saturated carbocycles. The highest BCUT2D eigenvalue weighted by molar-refractivity contribution is 7.98. The Labute approximate surface area is 182 Å². The Bertz CT molecular complexity index is 1210. The van der Waals surface area contributed by atoms with E-state index in [1.165, 1.54) is 28.7 Å². The Morgan fingerprint density at radius 3 is 2.67 bits per heavy atom. The van der Waals surface area contributed by atoms with Crippen LogP contribution < -0.4 is 10.3 Å². The highest BCUT2D eigenvalue weighted by atomic mass is 32.2. The molecular formula is C21H23N5O2S2. The van der Waals surface area contributed by atoms with E-state index in [9.17, 15) is 4.79 Å². The first-order chi connectivity index (χ1) is 14.4. The zero-order valence-electron chi connectivity index (χ0n) is 17.3. The lowest BCUT2D eigenvalue weighted by Gasteiger charge is -2.15. The number of thioether (sulfide) groups is 1. The number of ether oxygens (including phenoxy) is 1. The molecule has 0 aliphatic rings. The fraction of sp³-hybridized carbons (Fsp3) is 0.333. The van der Waals surface area contributed by atoms with Crippen LogP contribution in [0.15, 0.2) is 51.9 Å². The number of rotatable bonds is 7. The van der Waals surface area contributed by atoms with E-state index in [0.717, 1.165) is 22.4 Å². The van der Waals surface area contributed by atoms with E-state index in [2.05, 4.69) is 41.2 Å². The van der Waals surface area contributed by atoms with Gasteiger partial charge in [-0.3, -0.25) is 9.20 Å². The topological polar surface area (TPSA) is 74.3 Å². The average Bonchev–Trinajstić information content (AvgIpc) is 3.33. The van der Waals surface area contributed by atoms with Gasteiger partial charge in [-0.1, -0.05) is 37.7 Å². The van der Waals surface area contributed by atoms with Crippen molar-refractivity contribution in [3.05, 3.63) is 69.3 Å². The summed E-state index contributed by atoms with van der Waals surface area (Å²) in [4.78, 5) is 17.4. The predicted molar refractivity (Wildman–Crippen MR) is 119 cm³/mol. The average molecular weight is 442 g/mol. The molecular weight excluding hydrogens is 418 g/mol. The van der Waals surface area contributed by atoms with Crippen molar-refractivity contribution >= 4 is 28.1 Å². The van der Waals surface area contributed by atoms with Gasteiger partial charge in [-0.05, 0) is 30.5 Å². The van der Waals surface area contributed by atoms with Gasteiger partial charge in [0.1, 0.15) is 5.75 Å². The third-order valence-electron chi connectivity index (χ3n) is 4.80. The summed E-state index contributed by atoms with van der Waals surface area (Å²) >= 11 is 2.94. The maximum absolute atomic E-state index is 12.1. The molecule has 0 aliphatic heterocycles. The minimum Gasteiger partial charge on any atom is -0.483 e. The van der Waals surface area contributed by atoms with Crippen LogP contribution >= 0.6 is 23.1 Å². The van der Waals surface area contributed by atoms with Gasteiger partial charge < -0.3 is 9.30 Å². The molecule has 1 atom stereocenters. The molecule has 0 N–H and O–H groups in total. The lowest BCUT2D eigenvalue weighted by atomic mass is 10.0. The SMILES string of the molecule is CC(C)c1ccc(O[C@H](C)c2nnc(SCc3cc(=O)n4ccsc4n3)n2C)cc1. The van der Waals surface area contributed by atoms with Gasteiger partial charge in [-0.2, -0.15) is 0 Å². The van der Waals surface area contributed by atoms with E-state index in [-0.39, 0.29) is 11.7 Å². The monoisotopic (exact) mass is 441 g/mol. The van der Waals surface area contributed by atoms with Crippen LogP contribution in [0.1, 0.15) is 49.9 Å². The Hall–Kier alpha value is -2.65. The standard InChI is InChI=1S/C21H23N5O2S2/c1-13(2)15-5-7-17(8-6-15)28-14(3)19-23-24-21(25(19)4)30-12-16-11-18(27)26-9-10-29-20(26)22-16/h5-11,13-14H,12H2,1-4H3/t14-/m1/s1. The molecule has 4 aromatic rings. The molecule has 3 heterocycles. The predicted octanol–water partition coefficient (Wildman–Crippen LogP) is 4.44. The first-order valence-electron chi connectivity index (χ1n) is 9.67. The molecule has 0 unspecified atom stereocenters. The van der Waals surface area contributed by atoms with Gasteiger partial charge in [-0.25, -0.2) is 4.98 Å². The van der Waals surface area contributed by atoms with E-state index in [1.807, 2.05) is 36.1 Å². The molecule has 156 valence electrons. The molecule has 3 aromatic heterocycles.